The molecule has 32 heavy (non-hydrogen) atoms. The molecule has 0 spiro atoms. The molecule has 0 aliphatic heterocycles. The Hall–Kier alpha value is -3.49. The second kappa shape index (κ2) is 7.89. The van der Waals surface area contributed by atoms with E-state index in [0.717, 1.165) is 33.4 Å². The van der Waals surface area contributed by atoms with Crippen molar-refractivity contribution in [1.29, 1.82) is 0 Å². The molecule has 8 heteroatoms. The Kier molecular flexibility index (Phi) is 5.03. The van der Waals surface area contributed by atoms with Crippen molar-refractivity contribution in [1.82, 2.24) is 19.5 Å². The van der Waals surface area contributed by atoms with Gasteiger partial charge in [0.15, 0.2) is 0 Å². The van der Waals surface area contributed by atoms with Gasteiger partial charge in [-0.3, -0.25) is 0 Å². The van der Waals surface area contributed by atoms with Crippen molar-refractivity contribution in [3.8, 4) is 5.75 Å². The first-order valence-electron chi connectivity index (χ1n) is 10.6. The quantitative estimate of drug-likeness (QED) is 0.417. The van der Waals surface area contributed by atoms with Gasteiger partial charge in [-0.1, -0.05) is 6.08 Å². The van der Waals surface area contributed by atoms with Gasteiger partial charge < -0.3 is 24.8 Å². The van der Waals surface area contributed by atoms with Crippen LogP contribution in [0.5, 0.6) is 5.75 Å². The maximum Gasteiger partial charge on any atom is 0.144 e. The van der Waals surface area contributed by atoms with Gasteiger partial charge in [-0.15, -0.1) is 0 Å². The van der Waals surface area contributed by atoms with Gasteiger partial charge in [0.1, 0.15) is 41.9 Å². The van der Waals surface area contributed by atoms with Crippen molar-refractivity contribution < 1.29 is 14.9 Å². The Morgan fingerprint density at radius 1 is 1.12 bits per heavy atom. The van der Waals surface area contributed by atoms with E-state index in [4.69, 9.17) is 4.74 Å². The van der Waals surface area contributed by atoms with Crippen LogP contribution in [0.25, 0.3) is 21.9 Å². The number of aliphatic hydroxyl groups excluding tert-OH is 2. The van der Waals surface area contributed by atoms with Crippen LogP contribution >= 0.6 is 0 Å². The van der Waals surface area contributed by atoms with Crippen LogP contribution in [0.15, 0.2) is 60.6 Å². The molecule has 1 aliphatic rings. The molecule has 3 aromatic heterocycles. The average Bonchev–Trinajstić information content (AvgIpc) is 3.35. The second-order valence-electron chi connectivity index (χ2n) is 8.07. The molecule has 4 aromatic rings. The van der Waals surface area contributed by atoms with Crippen LogP contribution in [0.2, 0.25) is 0 Å². The molecule has 3 N–H and O–H groups in total. The lowest BCUT2D eigenvalue weighted by Crippen LogP contribution is -2.32. The van der Waals surface area contributed by atoms with E-state index in [-0.39, 0.29) is 0 Å². The maximum atomic E-state index is 10.8. The number of aromatic nitrogens is 4. The molecule has 3 heterocycles. The fraction of sp³-hybridized carbons (Fsp3) is 0.292. The summed E-state index contributed by atoms with van der Waals surface area (Å²) < 4.78 is 8.01. The number of anilines is 1. The van der Waals surface area contributed by atoms with Gasteiger partial charge in [0, 0.05) is 30.1 Å². The summed E-state index contributed by atoms with van der Waals surface area (Å²) in [5.74, 6) is 1.42. The third kappa shape index (κ3) is 3.37. The molecular formula is C24H25N5O3. The topological polar surface area (TPSA) is 105 Å². The van der Waals surface area contributed by atoms with Gasteiger partial charge in [0.25, 0.3) is 0 Å². The van der Waals surface area contributed by atoms with E-state index in [1.807, 2.05) is 74.1 Å². The van der Waals surface area contributed by atoms with Gasteiger partial charge in [-0.2, -0.15) is 0 Å². The van der Waals surface area contributed by atoms with E-state index >= 15 is 0 Å². The van der Waals surface area contributed by atoms with Crippen LogP contribution in [0.3, 0.4) is 0 Å². The smallest absolute Gasteiger partial charge is 0.144 e. The van der Waals surface area contributed by atoms with E-state index < -0.39 is 24.4 Å². The number of aliphatic hydroxyl groups is 2. The molecule has 4 atom stereocenters. The molecule has 164 valence electrons. The summed E-state index contributed by atoms with van der Waals surface area (Å²) in [4.78, 5) is 13.2. The fourth-order valence-corrected chi connectivity index (χ4v) is 4.32. The van der Waals surface area contributed by atoms with Crippen LogP contribution in [0, 0.1) is 6.92 Å². The van der Waals surface area contributed by atoms with E-state index in [9.17, 15) is 10.2 Å². The molecule has 1 aromatic carbocycles. The standard InChI is InChI=1S/C24H25N5O3/c1-13-17-8-9-29(24(17)27-12-26-13)20-11-18(22(30)23(20)31)14(2)32-16-6-4-15-5-7-21(25-3)28-19(15)10-16/h4-12,14,20,22-23,30-31H,1-3H3,(H,25,28)/t14?,20-,22-,23+/m1/s1. The predicted octanol–water partition coefficient (Wildman–Crippen LogP) is 3.00. The van der Waals surface area contributed by atoms with Crippen molar-refractivity contribution in [2.45, 2.75) is 38.2 Å². The number of hydrogen-bond donors (Lipinski definition) is 3. The fourth-order valence-electron chi connectivity index (χ4n) is 4.32. The van der Waals surface area contributed by atoms with E-state index in [0.29, 0.717) is 11.3 Å². The number of rotatable bonds is 5. The van der Waals surface area contributed by atoms with Crippen molar-refractivity contribution >= 4 is 27.8 Å². The average molecular weight is 431 g/mol. The summed E-state index contributed by atoms with van der Waals surface area (Å²) in [5.41, 5.74) is 3.04. The Labute approximate surface area is 185 Å². The van der Waals surface area contributed by atoms with Crippen molar-refractivity contribution in [3.05, 3.63) is 66.3 Å². The third-order valence-electron chi connectivity index (χ3n) is 6.11. The zero-order valence-electron chi connectivity index (χ0n) is 18.1. The van der Waals surface area contributed by atoms with Crippen molar-refractivity contribution in [3.63, 3.8) is 0 Å². The zero-order chi connectivity index (χ0) is 22.4. The maximum absolute atomic E-state index is 10.8. The molecule has 5 rings (SSSR count). The van der Waals surface area contributed by atoms with Gasteiger partial charge in [0.05, 0.1) is 17.3 Å². The minimum atomic E-state index is -1.04. The SMILES string of the molecule is CNc1ccc2ccc(OC(C)C3=C[C@@H](n4ccc5c(C)ncnc54)[C@H](O)[C@@H]3O)cc2n1. The minimum absolute atomic E-state index is 0.437. The molecular weight excluding hydrogens is 406 g/mol. The number of hydrogen-bond acceptors (Lipinski definition) is 7. The lowest BCUT2D eigenvalue weighted by molar-refractivity contribution is 0.0253. The molecule has 1 aliphatic carbocycles. The Bertz CT molecular complexity index is 1330. The molecule has 0 saturated heterocycles. The van der Waals surface area contributed by atoms with Crippen LogP contribution in [0.4, 0.5) is 5.82 Å². The first-order valence-corrected chi connectivity index (χ1v) is 10.6. The molecule has 1 unspecified atom stereocenters. The highest BCUT2D eigenvalue weighted by Crippen LogP contribution is 2.35. The molecule has 0 saturated carbocycles. The normalized spacial score (nSPS) is 21.7. The molecule has 0 radical (unpaired) electrons. The number of nitrogens with one attached hydrogen (secondary N) is 1. The van der Waals surface area contributed by atoms with Crippen LogP contribution in [-0.4, -0.2) is 55.1 Å². The molecule has 0 fully saturated rings. The minimum Gasteiger partial charge on any atom is -0.486 e. The number of nitrogens with zero attached hydrogens (tertiary/aromatic N) is 4. The highest BCUT2D eigenvalue weighted by atomic mass is 16.5. The highest BCUT2D eigenvalue weighted by molar-refractivity contribution is 5.81. The van der Waals surface area contributed by atoms with E-state index in [1.54, 1.807) is 0 Å². The third-order valence-corrected chi connectivity index (χ3v) is 6.11. The Balaban J connectivity index is 1.43. The van der Waals surface area contributed by atoms with Crippen LogP contribution in [-0.2, 0) is 0 Å². The number of fused-ring (bicyclic) bond motifs is 2. The monoisotopic (exact) mass is 431 g/mol. The molecule has 0 bridgehead atoms. The van der Waals surface area contributed by atoms with E-state index in [1.165, 1.54) is 6.33 Å². The zero-order valence-corrected chi connectivity index (χ0v) is 18.1. The van der Waals surface area contributed by atoms with Gasteiger partial charge in [-0.25, -0.2) is 15.0 Å². The number of aryl methyl sites for hydroxylation is 1. The number of benzene rings is 1. The van der Waals surface area contributed by atoms with Crippen LogP contribution < -0.4 is 10.1 Å². The van der Waals surface area contributed by atoms with Gasteiger partial charge in [0.2, 0.25) is 0 Å². The van der Waals surface area contributed by atoms with Gasteiger partial charge >= 0.3 is 0 Å². The molecule has 0 amide bonds. The Morgan fingerprint density at radius 2 is 1.94 bits per heavy atom. The first kappa shape index (κ1) is 20.4. The largest absolute Gasteiger partial charge is 0.486 e. The van der Waals surface area contributed by atoms with Crippen molar-refractivity contribution in [2.75, 3.05) is 12.4 Å². The summed E-state index contributed by atoms with van der Waals surface area (Å²) in [6.45, 7) is 3.79. The van der Waals surface area contributed by atoms with Gasteiger partial charge in [-0.05, 0) is 49.8 Å². The first-order chi connectivity index (χ1) is 15.5. The molecule has 8 nitrogen and oxygen atoms in total. The van der Waals surface area contributed by atoms with Crippen molar-refractivity contribution in [2.24, 2.45) is 0 Å². The summed E-state index contributed by atoms with van der Waals surface area (Å²) in [5, 5.41) is 26.5. The van der Waals surface area contributed by atoms with E-state index in [2.05, 4.69) is 20.3 Å². The summed E-state index contributed by atoms with van der Waals surface area (Å²) in [7, 11) is 1.83. The van der Waals surface area contributed by atoms with Crippen LogP contribution in [0.1, 0.15) is 18.7 Å². The lowest BCUT2D eigenvalue weighted by Gasteiger charge is -2.22. The second-order valence-corrected chi connectivity index (χ2v) is 8.07. The highest BCUT2D eigenvalue weighted by Gasteiger charge is 2.39. The number of ether oxygens (including phenoxy) is 1. The summed E-state index contributed by atoms with van der Waals surface area (Å²) in [6, 6.07) is 11.1. The predicted molar refractivity (Wildman–Crippen MR) is 123 cm³/mol. The summed E-state index contributed by atoms with van der Waals surface area (Å²) in [6.07, 6.45) is 2.77. The summed E-state index contributed by atoms with van der Waals surface area (Å²) >= 11 is 0. The number of pyridine rings is 1. The lowest BCUT2D eigenvalue weighted by atomic mass is 10.1. The Morgan fingerprint density at radius 3 is 2.75 bits per heavy atom.